The Kier molecular flexibility index (Phi) is 4.78. The van der Waals surface area contributed by atoms with Crippen LogP contribution in [0.1, 0.15) is 51.6 Å². The normalized spacial score (nSPS) is 23.3. The van der Waals surface area contributed by atoms with E-state index in [1.165, 1.54) is 0 Å². The number of imide groups is 2. The van der Waals surface area contributed by atoms with E-state index in [2.05, 4.69) is 21.0 Å². The minimum atomic E-state index is -0.958. The molecule has 2 atom stereocenters. The summed E-state index contributed by atoms with van der Waals surface area (Å²) in [5.41, 5.74) is 1.37. The first-order valence-electron chi connectivity index (χ1n) is 10.4. The smallest absolute Gasteiger partial charge is 0.262 e. The molecular weight excluding hydrogens is 400 g/mol. The Labute approximate surface area is 178 Å². The third-order valence-electron chi connectivity index (χ3n) is 5.99. The molecule has 10 heteroatoms. The Balaban J connectivity index is 1.29. The molecule has 3 aliphatic rings. The lowest BCUT2D eigenvalue weighted by atomic mass is 10.0. The second-order valence-corrected chi connectivity index (χ2v) is 8.01. The van der Waals surface area contributed by atoms with E-state index in [1.54, 1.807) is 18.2 Å². The molecule has 1 aromatic heterocycles. The van der Waals surface area contributed by atoms with Gasteiger partial charge in [-0.25, -0.2) is 0 Å². The number of benzene rings is 1. The number of hydrogen-bond donors (Lipinski definition) is 3. The van der Waals surface area contributed by atoms with Crippen LogP contribution in [-0.2, 0) is 16.1 Å². The number of nitrogens with one attached hydrogen (secondary N) is 3. The average molecular weight is 422 g/mol. The Morgan fingerprint density at radius 2 is 1.90 bits per heavy atom. The summed E-state index contributed by atoms with van der Waals surface area (Å²) < 4.78 is 1.95. The second kappa shape index (κ2) is 7.62. The molecule has 4 heterocycles. The Hall–Kier alpha value is -3.53. The van der Waals surface area contributed by atoms with Crippen molar-refractivity contribution in [2.45, 2.75) is 37.9 Å². The molecule has 31 heavy (non-hydrogen) atoms. The summed E-state index contributed by atoms with van der Waals surface area (Å²) in [4.78, 5) is 50.2. The summed E-state index contributed by atoms with van der Waals surface area (Å²) in [6.45, 7) is 2.34. The van der Waals surface area contributed by atoms with Crippen molar-refractivity contribution in [3.05, 3.63) is 47.2 Å². The highest BCUT2D eigenvalue weighted by molar-refractivity contribution is 6.23. The van der Waals surface area contributed by atoms with Crippen molar-refractivity contribution in [1.82, 2.24) is 25.3 Å². The van der Waals surface area contributed by atoms with Crippen molar-refractivity contribution in [1.29, 1.82) is 0 Å². The first-order chi connectivity index (χ1) is 15.0. The maximum Gasteiger partial charge on any atom is 0.262 e. The molecule has 0 aliphatic carbocycles. The molecule has 2 unspecified atom stereocenters. The number of fused-ring (bicyclic) bond motifs is 1. The molecule has 2 aromatic rings. The molecule has 3 N–H and O–H groups in total. The van der Waals surface area contributed by atoms with Crippen LogP contribution in [0.5, 0.6) is 0 Å². The minimum absolute atomic E-state index is 0.0998. The van der Waals surface area contributed by atoms with Gasteiger partial charge in [-0.3, -0.25) is 34.1 Å². The summed E-state index contributed by atoms with van der Waals surface area (Å²) in [6, 6.07) is 6.37. The van der Waals surface area contributed by atoms with Crippen LogP contribution in [0.25, 0.3) is 0 Å². The monoisotopic (exact) mass is 422 g/mol. The predicted octanol–water partition coefficient (Wildman–Crippen LogP) is 0.431. The van der Waals surface area contributed by atoms with Crippen LogP contribution in [0.4, 0.5) is 5.82 Å². The van der Waals surface area contributed by atoms with Gasteiger partial charge in [-0.2, -0.15) is 5.10 Å². The number of aromatic nitrogens is 2. The minimum Gasteiger partial charge on any atom is -0.365 e. The number of rotatable bonds is 5. The van der Waals surface area contributed by atoms with Crippen molar-refractivity contribution in [2.24, 2.45) is 0 Å². The number of hydrogen-bond acceptors (Lipinski definition) is 7. The summed E-state index contributed by atoms with van der Waals surface area (Å²) in [7, 11) is 0. The van der Waals surface area contributed by atoms with Crippen LogP contribution in [0.15, 0.2) is 30.5 Å². The van der Waals surface area contributed by atoms with Crippen LogP contribution >= 0.6 is 0 Å². The van der Waals surface area contributed by atoms with Crippen LogP contribution < -0.4 is 16.0 Å². The lowest BCUT2D eigenvalue weighted by Crippen LogP contribution is -2.54. The van der Waals surface area contributed by atoms with Crippen LogP contribution in [-0.4, -0.2) is 57.4 Å². The molecule has 5 rings (SSSR count). The van der Waals surface area contributed by atoms with E-state index in [0.29, 0.717) is 12.6 Å². The maximum absolute atomic E-state index is 12.9. The zero-order valence-corrected chi connectivity index (χ0v) is 16.8. The number of anilines is 1. The van der Waals surface area contributed by atoms with Gasteiger partial charge in [0.05, 0.1) is 17.2 Å². The summed E-state index contributed by atoms with van der Waals surface area (Å²) in [5.74, 6) is -1.27. The van der Waals surface area contributed by atoms with E-state index in [0.717, 1.165) is 35.8 Å². The summed E-state index contributed by atoms with van der Waals surface area (Å²) in [6.07, 6.45) is 3.24. The zero-order valence-electron chi connectivity index (χ0n) is 16.8. The van der Waals surface area contributed by atoms with Crippen LogP contribution in [0.3, 0.4) is 0 Å². The standard InChI is InChI=1S/C21H22N6O4/c28-18-4-3-16(19(29)24-18)27-20(30)14-2-1-12(9-15(14)21(27)31)10-23-17-6-8-26(25-17)13-5-7-22-11-13/h1-2,6,8-9,13,16,22H,3-5,7,10-11H2,(H,23,25)(H,24,28,29). The van der Waals surface area contributed by atoms with E-state index in [4.69, 9.17) is 0 Å². The van der Waals surface area contributed by atoms with Gasteiger partial charge in [-0.1, -0.05) is 6.07 Å². The van der Waals surface area contributed by atoms with Gasteiger partial charge in [0.15, 0.2) is 0 Å². The first kappa shape index (κ1) is 19.4. The third-order valence-corrected chi connectivity index (χ3v) is 5.99. The highest BCUT2D eigenvalue weighted by Crippen LogP contribution is 2.28. The lowest BCUT2D eigenvalue weighted by molar-refractivity contribution is -0.136. The molecule has 0 spiro atoms. The summed E-state index contributed by atoms with van der Waals surface area (Å²) in [5, 5.41) is 13.3. The first-order valence-corrected chi connectivity index (χ1v) is 10.4. The number of carbonyl (C=O) groups excluding carboxylic acids is 4. The largest absolute Gasteiger partial charge is 0.365 e. The van der Waals surface area contributed by atoms with Crippen molar-refractivity contribution in [3.63, 3.8) is 0 Å². The van der Waals surface area contributed by atoms with E-state index in [-0.39, 0.29) is 24.0 Å². The molecule has 1 aromatic carbocycles. The number of nitrogens with zero attached hydrogens (tertiary/aromatic N) is 3. The lowest BCUT2D eigenvalue weighted by Gasteiger charge is -2.27. The fourth-order valence-electron chi connectivity index (χ4n) is 4.32. The predicted molar refractivity (Wildman–Crippen MR) is 109 cm³/mol. The molecular formula is C21H22N6O4. The fourth-order valence-corrected chi connectivity index (χ4v) is 4.32. The molecule has 2 fully saturated rings. The molecule has 160 valence electrons. The molecule has 3 aliphatic heterocycles. The molecule has 0 saturated carbocycles. The number of piperidine rings is 1. The van der Waals surface area contributed by atoms with Gasteiger partial charge in [0.2, 0.25) is 11.8 Å². The van der Waals surface area contributed by atoms with E-state index >= 15 is 0 Å². The van der Waals surface area contributed by atoms with E-state index in [9.17, 15) is 19.2 Å². The summed E-state index contributed by atoms with van der Waals surface area (Å²) >= 11 is 0. The highest BCUT2D eigenvalue weighted by atomic mass is 16.2. The third kappa shape index (κ3) is 3.48. The molecule has 2 saturated heterocycles. The van der Waals surface area contributed by atoms with E-state index in [1.807, 2.05) is 16.9 Å². The molecule has 0 radical (unpaired) electrons. The molecule has 4 amide bonds. The quantitative estimate of drug-likeness (QED) is 0.597. The molecule has 0 bridgehead atoms. The Morgan fingerprint density at radius 1 is 1.06 bits per heavy atom. The number of carbonyl (C=O) groups is 4. The van der Waals surface area contributed by atoms with Gasteiger partial charge in [0.25, 0.3) is 11.8 Å². The van der Waals surface area contributed by atoms with Crippen LogP contribution in [0.2, 0.25) is 0 Å². The van der Waals surface area contributed by atoms with E-state index < -0.39 is 29.7 Å². The Morgan fingerprint density at radius 3 is 2.68 bits per heavy atom. The second-order valence-electron chi connectivity index (χ2n) is 8.01. The average Bonchev–Trinajstić information content (AvgIpc) is 3.49. The SMILES string of the molecule is O=C1CCC(N2C(=O)c3ccc(CNc4ccn(C5CCNC5)n4)cc3C2=O)C(=O)N1. The van der Waals surface area contributed by atoms with Crippen LogP contribution in [0, 0.1) is 0 Å². The number of amides is 4. The molecule has 10 nitrogen and oxygen atoms in total. The van der Waals surface area contributed by atoms with Crippen molar-refractivity contribution < 1.29 is 19.2 Å². The zero-order chi connectivity index (χ0) is 21.5. The van der Waals surface area contributed by atoms with Crippen molar-refractivity contribution in [3.8, 4) is 0 Å². The Bertz CT molecular complexity index is 1090. The van der Waals surface area contributed by atoms with Crippen molar-refractivity contribution >= 4 is 29.4 Å². The van der Waals surface area contributed by atoms with Crippen molar-refractivity contribution in [2.75, 3.05) is 18.4 Å². The van der Waals surface area contributed by atoms with Gasteiger partial charge in [-0.15, -0.1) is 0 Å². The van der Waals surface area contributed by atoms with Gasteiger partial charge < -0.3 is 10.6 Å². The highest BCUT2D eigenvalue weighted by Gasteiger charge is 2.44. The topological polar surface area (TPSA) is 125 Å². The van der Waals surface area contributed by atoms with Gasteiger partial charge in [-0.05, 0) is 37.1 Å². The van der Waals surface area contributed by atoms with Gasteiger partial charge >= 0.3 is 0 Å². The fraction of sp³-hybridized carbons (Fsp3) is 0.381. The maximum atomic E-state index is 12.9. The van der Waals surface area contributed by atoms with Gasteiger partial charge in [0.1, 0.15) is 11.9 Å². The van der Waals surface area contributed by atoms with Gasteiger partial charge in [0, 0.05) is 31.8 Å².